The minimum absolute atomic E-state index is 0.0194. The number of amides is 2. The van der Waals surface area contributed by atoms with Gasteiger partial charge in [-0.1, -0.05) is 6.08 Å². The van der Waals surface area contributed by atoms with E-state index in [1.807, 2.05) is 0 Å². The zero-order valence-electron chi connectivity index (χ0n) is 18.2. The van der Waals surface area contributed by atoms with Crippen LogP contribution in [0.2, 0.25) is 0 Å². The highest BCUT2D eigenvalue weighted by Gasteiger charge is 2.22. The summed E-state index contributed by atoms with van der Waals surface area (Å²) < 4.78 is 19.9. The van der Waals surface area contributed by atoms with E-state index in [2.05, 4.69) is 22.1 Å². The first-order chi connectivity index (χ1) is 15.3. The van der Waals surface area contributed by atoms with E-state index in [1.54, 1.807) is 35.1 Å². The first-order valence-electron chi connectivity index (χ1n) is 10.2. The first kappa shape index (κ1) is 24.8. The minimum Gasteiger partial charge on any atom is -0.378 e. The molecule has 1 aromatic rings. The summed E-state index contributed by atoms with van der Waals surface area (Å²) >= 11 is 0. The lowest BCUT2D eigenvalue weighted by Crippen LogP contribution is -2.40. The zero-order valence-corrected chi connectivity index (χ0v) is 18.2. The summed E-state index contributed by atoms with van der Waals surface area (Å²) in [7, 11) is 1.70. The van der Waals surface area contributed by atoms with E-state index in [9.17, 15) is 14.0 Å². The largest absolute Gasteiger partial charge is 0.378 e. The molecule has 1 aliphatic heterocycles. The number of hydrogen-bond acceptors (Lipinski definition) is 6. The molecule has 11 heteroatoms. The maximum Gasteiger partial charge on any atom is 0.270 e. The number of nitrogens with zero attached hydrogens (tertiary/aromatic N) is 4. The van der Waals surface area contributed by atoms with Crippen molar-refractivity contribution in [1.29, 1.82) is 0 Å². The van der Waals surface area contributed by atoms with Crippen LogP contribution in [0, 0.1) is 0 Å². The quantitative estimate of drug-likeness (QED) is 0.122. The maximum atomic E-state index is 14.7. The molecule has 2 amide bonds. The van der Waals surface area contributed by atoms with Gasteiger partial charge in [0.05, 0.1) is 13.2 Å². The second kappa shape index (κ2) is 12.4. The highest BCUT2D eigenvalue weighted by molar-refractivity contribution is 6.40. The number of benzene rings is 1. The average Bonchev–Trinajstić information content (AvgIpc) is 2.79. The summed E-state index contributed by atoms with van der Waals surface area (Å²) in [6.07, 6.45) is 1.38. The number of carbonyl (C=O) groups is 2. The van der Waals surface area contributed by atoms with Crippen LogP contribution in [-0.2, 0) is 9.53 Å². The molecular formula is C21H30FN7O3. The number of primary amides is 1. The van der Waals surface area contributed by atoms with Crippen molar-refractivity contribution in [2.24, 2.45) is 21.7 Å². The van der Waals surface area contributed by atoms with Crippen molar-refractivity contribution >= 4 is 29.2 Å². The van der Waals surface area contributed by atoms with Crippen molar-refractivity contribution in [3.05, 3.63) is 42.5 Å². The van der Waals surface area contributed by atoms with Gasteiger partial charge >= 0.3 is 0 Å². The first-order valence-corrected chi connectivity index (χ1v) is 10.2. The Morgan fingerprint density at radius 1 is 1.28 bits per heavy atom. The number of nitrogens with one attached hydrogen (secondary N) is 1. The smallest absolute Gasteiger partial charge is 0.270 e. The normalized spacial score (nSPS) is 15.8. The van der Waals surface area contributed by atoms with E-state index in [-0.39, 0.29) is 11.9 Å². The average molecular weight is 448 g/mol. The lowest BCUT2D eigenvalue weighted by atomic mass is 10.1. The highest BCUT2D eigenvalue weighted by atomic mass is 19.1. The number of halogens is 1. The summed E-state index contributed by atoms with van der Waals surface area (Å²) in [5, 5.41) is 9.81. The number of morpholine rings is 1. The number of unbranched alkanes of at least 4 members (excludes halogenated alkanes) is 1. The molecule has 1 unspecified atom stereocenters. The maximum absolute atomic E-state index is 14.7. The van der Waals surface area contributed by atoms with Crippen LogP contribution in [0.25, 0.3) is 0 Å². The Labute approximate surface area is 186 Å². The minimum atomic E-state index is -2.02. The van der Waals surface area contributed by atoms with Gasteiger partial charge in [0, 0.05) is 37.9 Å². The second-order valence-electron chi connectivity index (χ2n) is 7.15. The Kier molecular flexibility index (Phi) is 9.61. The third kappa shape index (κ3) is 7.34. The highest BCUT2D eigenvalue weighted by Crippen LogP contribution is 2.14. The predicted molar refractivity (Wildman–Crippen MR) is 122 cm³/mol. The zero-order chi connectivity index (χ0) is 23.5. The molecule has 0 radical (unpaired) electrons. The van der Waals surface area contributed by atoms with Crippen molar-refractivity contribution in [2.45, 2.75) is 19.1 Å². The molecule has 1 aromatic carbocycles. The van der Waals surface area contributed by atoms with Crippen LogP contribution in [0.3, 0.4) is 0 Å². The van der Waals surface area contributed by atoms with Crippen LogP contribution < -0.4 is 16.8 Å². The molecule has 2 rings (SSSR count). The van der Waals surface area contributed by atoms with Crippen LogP contribution in [0.4, 0.5) is 10.1 Å². The van der Waals surface area contributed by atoms with E-state index >= 15 is 0 Å². The molecular weight excluding hydrogens is 417 g/mol. The van der Waals surface area contributed by atoms with Gasteiger partial charge in [0.15, 0.2) is 5.71 Å². The van der Waals surface area contributed by atoms with Crippen LogP contribution in [-0.4, -0.2) is 79.5 Å². The summed E-state index contributed by atoms with van der Waals surface area (Å²) in [5.74, 6) is -1.18. The molecule has 10 nitrogen and oxygen atoms in total. The third-order valence-electron chi connectivity index (χ3n) is 4.77. The fraction of sp³-hybridized carbons (Fsp3) is 0.429. The molecule has 1 atom stereocenters. The fourth-order valence-corrected chi connectivity index (χ4v) is 2.87. The fourth-order valence-electron chi connectivity index (χ4n) is 2.87. The topological polar surface area (TPSA) is 139 Å². The molecule has 1 aliphatic rings. The number of ether oxygens (including phenoxy) is 1. The van der Waals surface area contributed by atoms with E-state index in [0.29, 0.717) is 44.1 Å². The van der Waals surface area contributed by atoms with Crippen molar-refractivity contribution in [3.63, 3.8) is 0 Å². The lowest BCUT2D eigenvalue weighted by Gasteiger charge is -2.26. The van der Waals surface area contributed by atoms with Crippen LogP contribution in [0.5, 0.6) is 0 Å². The molecule has 1 fully saturated rings. The summed E-state index contributed by atoms with van der Waals surface area (Å²) in [5.41, 5.74) is 11.2. The molecule has 5 N–H and O–H groups in total. The number of alkyl halides is 1. The molecule has 1 heterocycles. The van der Waals surface area contributed by atoms with Gasteiger partial charge in [0.1, 0.15) is 0 Å². The molecule has 0 bridgehead atoms. The van der Waals surface area contributed by atoms with Gasteiger partial charge in [0.25, 0.3) is 11.8 Å². The van der Waals surface area contributed by atoms with Crippen molar-refractivity contribution in [2.75, 3.05) is 45.2 Å². The van der Waals surface area contributed by atoms with Crippen LogP contribution in [0.15, 0.2) is 47.1 Å². The summed E-state index contributed by atoms with van der Waals surface area (Å²) in [6, 6.07) is 6.21. The van der Waals surface area contributed by atoms with Crippen LogP contribution in [0.1, 0.15) is 23.2 Å². The summed E-state index contributed by atoms with van der Waals surface area (Å²) in [4.78, 5) is 27.5. The monoisotopic (exact) mass is 447 g/mol. The third-order valence-corrected chi connectivity index (χ3v) is 4.77. The molecule has 32 heavy (non-hydrogen) atoms. The number of allylic oxidation sites excluding steroid dienone is 1. The number of carbonyl (C=O) groups excluding carboxylic acids is 2. The number of guanidine groups is 1. The number of rotatable bonds is 10. The molecule has 0 spiro atoms. The Morgan fingerprint density at radius 3 is 2.53 bits per heavy atom. The predicted octanol–water partition coefficient (Wildman–Crippen LogP) is 0.921. The van der Waals surface area contributed by atoms with Gasteiger partial charge in [-0.05, 0) is 37.1 Å². The Hall–Kier alpha value is -3.47. The molecule has 1 saturated heterocycles. The molecule has 0 aromatic heterocycles. The van der Waals surface area contributed by atoms with Gasteiger partial charge in [-0.15, -0.1) is 16.8 Å². The van der Waals surface area contributed by atoms with Gasteiger partial charge in [0.2, 0.25) is 12.3 Å². The van der Waals surface area contributed by atoms with Gasteiger partial charge in [-0.3, -0.25) is 9.59 Å². The summed E-state index contributed by atoms with van der Waals surface area (Å²) in [6.45, 7) is 6.29. The Bertz CT molecular complexity index is 851. The van der Waals surface area contributed by atoms with E-state index in [4.69, 9.17) is 16.2 Å². The van der Waals surface area contributed by atoms with E-state index < -0.39 is 17.9 Å². The Morgan fingerprint density at radius 2 is 1.94 bits per heavy atom. The standard InChI is InChI=1S/C21H30FN7O3/c1-3-4-5-10-28(2)21(24)27-26-17(19(23)30)18(22)25-16-8-6-15(7-9-16)20(31)29-11-13-32-14-12-29/h3,6-9,18,25H,1,4-5,10-14H2,2H3,(H2,23,30)(H2,24,27)/b26-17+. The van der Waals surface area contributed by atoms with Gasteiger partial charge < -0.3 is 31.3 Å². The lowest BCUT2D eigenvalue weighted by molar-refractivity contribution is -0.112. The molecule has 0 saturated carbocycles. The molecule has 174 valence electrons. The van der Waals surface area contributed by atoms with Gasteiger partial charge in [-0.25, -0.2) is 4.39 Å². The van der Waals surface area contributed by atoms with E-state index in [1.165, 1.54) is 12.1 Å². The van der Waals surface area contributed by atoms with Gasteiger partial charge in [-0.2, -0.15) is 0 Å². The SMILES string of the molecule is C=CCCCN(C)/C(N)=N/N=C(/C(N)=O)C(F)Nc1ccc(C(=O)N2CCOCC2)cc1. The number of nitrogens with two attached hydrogens (primary N) is 2. The van der Waals surface area contributed by atoms with Crippen LogP contribution >= 0.6 is 0 Å². The number of anilines is 1. The second-order valence-corrected chi connectivity index (χ2v) is 7.15. The van der Waals surface area contributed by atoms with Crippen molar-refractivity contribution in [3.8, 4) is 0 Å². The van der Waals surface area contributed by atoms with Crippen molar-refractivity contribution < 1.29 is 18.7 Å². The number of hydrogen-bond donors (Lipinski definition) is 3. The Balaban J connectivity index is 2.02. The molecule has 0 aliphatic carbocycles. The van der Waals surface area contributed by atoms with Crippen molar-refractivity contribution in [1.82, 2.24) is 9.80 Å². The van der Waals surface area contributed by atoms with E-state index in [0.717, 1.165) is 12.8 Å².